The summed E-state index contributed by atoms with van der Waals surface area (Å²) < 4.78 is 4.74. The Balaban J connectivity index is 2.33. The summed E-state index contributed by atoms with van der Waals surface area (Å²) in [4.78, 5) is 24.2. The van der Waals surface area contributed by atoms with Crippen molar-refractivity contribution in [3.8, 4) is 0 Å². The maximum absolute atomic E-state index is 12.5. The number of anilines is 1. The molecule has 0 aliphatic carbocycles. The standard InChI is InChI=1S/C18H19NO3/c1-11-7-5-8-14(12(11)2)17(20)19-16-10-6-9-15(13(16)3)18(21)22-4/h5-10H,1-4H3,(H,19,20). The Labute approximate surface area is 130 Å². The van der Waals surface area contributed by atoms with E-state index in [4.69, 9.17) is 4.74 Å². The molecule has 4 nitrogen and oxygen atoms in total. The maximum atomic E-state index is 12.5. The van der Waals surface area contributed by atoms with E-state index < -0.39 is 5.97 Å². The highest BCUT2D eigenvalue weighted by Crippen LogP contribution is 2.21. The molecule has 2 rings (SSSR count). The molecule has 2 aromatic carbocycles. The molecule has 0 saturated heterocycles. The number of aryl methyl sites for hydroxylation is 1. The number of nitrogens with one attached hydrogen (secondary N) is 1. The molecule has 0 spiro atoms. The Morgan fingerprint density at radius 3 is 2.23 bits per heavy atom. The van der Waals surface area contributed by atoms with Crippen LogP contribution in [-0.4, -0.2) is 19.0 Å². The first-order valence-electron chi connectivity index (χ1n) is 7.01. The van der Waals surface area contributed by atoms with Gasteiger partial charge in [-0.25, -0.2) is 4.79 Å². The number of esters is 1. The van der Waals surface area contributed by atoms with Gasteiger partial charge in [-0.3, -0.25) is 4.79 Å². The molecule has 0 aliphatic rings. The van der Waals surface area contributed by atoms with E-state index in [0.29, 0.717) is 22.4 Å². The highest BCUT2D eigenvalue weighted by molar-refractivity contribution is 6.06. The predicted molar refractivity (Wildman–Crippen MR) is 86.4 cm³/mol. The van der Waals surface area contributed by atoms with Crippen LogP contribution in [0.25, 0.3) is 0 Å². The summed E-state index contributed by atoms with van der Waals surface area (Å²) in [7, 11) is 1.34. The third-order valence-corrected chi connectivity index (χ3v) is 3.84. The fourth-order valence-corrected chi connectivity index (χ4v) is 2.29. The van der Waals surface area contributed by atoms with Crippen molar-refractivity contribution >= 4 is 17.6 Å². The molecular weight excluding hydrogens is 278 g/mol. The largest absolute Gasteiger partial charge is 0.465 e. The number of ether oxygens (including phenoxy) is 1. The number of carbonyl (C=O) groups excluding carboxylic acids is 2. The second-order valence-electron chi connectivity index (χ2n) is 5.17. The van der Waals surface area contributed by atoms with Crippen LogP contribution in [0.5, 0.6) is 0 Å². The van der Waals surface area contributed by atoms with E-state index in [-0.39, 0.29) is 5.91 Å². The van der Waals surface area contributed by atoms with Crippen LogP contribution in [0.2, 0.25) is 0 Å². The van der Waals surface area contributed by atoms with Crippen LogP contribution in [0.15, 0.2) is 36.4 Å². The van der Waals surface area contributed by atoms with Gasteiger partial charge in [-0.2, -0.15) is 0 Å². The molecule has 2 aromatic rings. The number of hydrogen-bond donors (Lipinski definition) is 1. The van der Waals surface area contributed by atoms with Gasteiger partial charge in [0.2, 0.25) is 0 Å². The summed E-state index contributed by atoms with van der Waals surface area (Å²) in [6.07, 6.45) is 0. The smallest absolute Gasteiger partial charge is 0.338 e. The maximum Gasteiger partial charge on any atom is 0.338 e. The summed E-state index contributed by atoms with van der Waals surface area (Å²) in [6, 6.07) is 10.8. The van der Waals surface area contributed by atoms with Crippen molar-refractivity contribution < 1.29 is 14.3 Å². The third-order valence-electron chi connectivity index (χ3n) is 3.84. The summed E-state index contributed by atoms with van der Waals surface area (Å²) in [5.41, 5.74) is 4.38. The van der Waals surface area contributed by atoms with Gasteiger partial charge in [0.1, 0.15) is 0 Å². The van der Waals surface area contributed by atoms with Gasteiger partial charge in [0.25, 0.3) is 5.91 Å². The van der Waals surface area contributed by atoms with Crippen LogP contribution in [0.4, 0.5) is 5.69 Å². The molecular formula is C18H19NO3. The minimum absolute atomic E-state index is 0.189. The number of methoxy groups -OCH3 is 1. The van der Waals surface area contributed by atoms with Gasteiger partial charge in [-0.15, -0.1) is 0 Å². The molecule has 22 heavy (non-hydrogen) atoms. The second kappa shape index (κ2) is 6.43. The molecule has 4 heteroatoms. The van der Waals surface area contributed by atoms with Crippen LogP contribution in [0.3, 0.4) is 0 Å². The zero-order valence-electron chi connectivity index (χ0n) is 13.2. The predicted octanol–water partition coefficient (Wildman–Crippen LogP) is 3.65. The lowest BCUT2D eigenvalue weighted by atomic mass is 10.0. The first kappa shape index (κ1) is 15.8. The average molecular weight is 297 g/mol. The summed E-state index contributed by atoms with van der Waals surface area (Å²) in [5, 5.41) is 2.87. The van der Waals surface area contributed by atoms with E-state index in [1.165, 1.54) is 7.11 Å². The zero-order valence-corrected chi connectivity index (χ0v) is 13.2. The lowest BCUT2D eigenvalue weighted by Crippen LogP contribution is -2.16. The molecule has 1 N–H and O–H groups in total. The molecule has 1 amide bonds. The molecule has 0 unspecified atom stereocenters. The monoisotopic (exact) mass is 297 g/mol. The van der Waals surface area contributed by atoms with Crippen molar-refractivity contribution in [2.75, 3.05) is 12.4 Å². The molecule has 0 heterocycles. The van der Waals surface area contributed by atoms with E-state index >= 15 is 0 Å². The zero-order chi connectivity index (χ0) is 16.3. The van der Waals surface area contributed by atoms with E-state index in [1.807, 2.05) is 26.0 Å². The molecule has 0 radical (unpaired) electrons. The number of rotatable bonds is 3. The minimum Gasteiger partial charge on any atom is -0.465 e. The van der Waals surface area contributed by atoms with Crippen LogP contribution in [0, 0.1) is 20.8 Å². The van der Waals surface area contributed by atoms with Gasteiger partial charge in [0, 0.05) is 11.3 Å². The number of benzene rings is 2. The number of carbonyl (C=O) groups is 2. The van der Waals surface area contributed by atoms with Crippen LogP contribution >= 0.6 is 0 Å². The van der Waals surface area contributed by atoms with Gasteiger partial charge < -0.3 is 10.1 Å². The highest BCUT2D eigenvalue weighted by atomic mass is 16.5. The van der Waals surface area contributed by atoms with Gasteiger partial charge >= 0.3 is 5.97 Å². The summed E-state index contributed by atoms with van der Waals surface area (Å²) >= 11 is 0. The SMILES string of the molecule is COC(=O)c1cccc(NC(=O)c2cccc(C)c2C)c1C. The lowest BCUT2D eigenvalue weighted by molar-refractivity contribution is 0.0599. The van der Waals surface area contributed by atoms with Gasteiger partial charge in [0.15, 0.2) is 0 Å². The normalized spacial score (nSPS) is 10.2. The van der Waals surface area contributed by atoms with Crippen molar-refractivity contribution in [1.29, 1.82) is 0 Å². The van der Waals surface area contributed by atoms with Crippen molar-refractivity contribution in [2.24, 2.45) is 0 Å². The third kappa shape index (κ3) is 3.01. The van der Waals surface area contributed by atoms with E-state index in [9.17, 15) is 9.59 Å². The van der Waals surface area contributed by atoms with Gasteiger partial charge in [0.05, 0.1) is 12.7 Å². The van der Waals surface area contributed by atoms with E-state index in [0.717, 1.165) is 11.1 Å². The van der Waals surface area contributed by atoms with E-state index in [2.05, 4.69) is 5.32 Å². The highest BCUT2D eigenvalue weighted by Gasteiger charge is 2.15. The van der Waals surface area contributed by atoms with Crippen LogP contribution < -0.4 is 5.32 Å². The summed E-state index contributed by atoms with van der Waals surface area (Å²) in [5.74, 6) is -0.605. The fourth-order valence-electron chi connectivity index (χ4n) is 2.29. The first-order valence-corrected chi connectivity index (χ1v) is 7.01. The summed E-state index contributed by atoms with van der Waals surface area (Å²) in [6.45, 7) is 5.67. The van der Waals surface area contributed by atoms with Crippen LogP contribution in [0.1, 0.15) is 37.4 Å². The minimum atomic E-state index is -0.416. The Kier molecular flexibility index (Phi) is 4.61. The topological polar surface area (TPSA) is 55.4 Å². The first-order chi connectivity index (χ1) is 10.5. The Bertz CT molecular complexity index is 735. The second-order valence-corrected chi connectivity index (χ2v) is 5.17. The van der Waals surface area contributed by atoms with Gasteiger partial charge in [-0.1, -0.05) is 18.2 Å². The van der Waals surface area contributed by atoms with Crippen molar-refractivity contribution in [3.63, 3.8) is 0 Å². The van der Waals surface area contributed by atoms with Crippen molar-refractivity contribution in [2.45, 2.75) is 20.8 Å². The van der Waals surface area contributed by atoms with Crippen molar-refractivity contribution in [3.05, 3.63) is 64.2 Å². The van der Waals surface area contributed by atoms with Crippen molar-refractivity contribution in [1.82, 2.24) is 0 Å². The fraction of sp³-hybridized carbons (Fsp3) is 0.222. The molecule has 0 atom stereocenters. The molecule has 0 fully saturated rings. The number of amides is 1. The Morgan fingerprint density at radius 2 is 1.55 bits per heavy atom. The molecule has 0 aliphatic heterocycles. The van der Waals surface area contributed by atoms with Crippen LogP contribution in [-0.2, 0) is 4.74 Å². The Hall–Kier alpha value is -2.62. The van der Waals surface area contributed by atoms with E-state index in [1.54, 1.807) is 31.2 Å². The molecule has 0 bridgehead atoms. The Morgan fingerprint density at radius 1 is 0.909 bits per heavy atom. The molecule has 0 aromatic heterocycles. The molecule has 0 saturated carbocycles. The average Bonchev–Trinajstić information content (AvgIpc) is 2.51. The lowest BCUT2D eigenvalue weighted by Gasteiger charge is -2.13. The van der Waals surface area contributed by atoms with Gasteiger partial charge in [-0.05, 0) is 55.7 Å². The number of hydrogen-bond acceptors (Lipinski definition) is 3. The quantitative estimate of drug-likeness (QED) is 0.880. The molecule has 114 valence electrons.